The van der Waals surface area contributed by atoms with Crippen molar-refractivity contribution in [3.63, 3.8) is 0 Å². The van der Waals surface area contributed by atoms with Crippen LogP contribution in [0.3, 0.4) is 0 Å². The molecular weight excluding hydrogens is 298 g/mol. The van der Waals surface area contributed by atoms with Crippen LogP contribution < -0.4 is 10.1 Å². The molecule has 0 atom stereocenters. The van der Waals surface area contributed by atoms with E-state index >= 15 is 0 Å². The molecule has 4 heteroatoms. The number of carbonyl (C=O) groups excluding carboxylic acids is 1. The number of benzene rings is 2. The van der Waals surface area contributed by atoms with Crippen molar-refractivity contribution in [1.82, 2.24) is 5.32 Å². The molecule has 1 amide bonds. The van der Waals surface area contributed by atoms with Crippen molar-refractivity contribution in [1.29, 1.82) is 0 Å². The highest BCUT2D eigenvalue weighted by atomic mass is 35.5. The lowest BCUT2D eigenvalue weighted by atomic mass is 10.1. The zero-order chi connectivity index (χ0) is 15.8. The Hall–Kier alpha value is -2.00. The molecule has 0 fully saturated rings. The van der Waals surface area contributed by atoms with Crippen molar-refractivity contribution in [2.45, 2.75) is 26.2 Å². The van der Waals surface area contributed by atoms with Gasteiger partial charge in [0, 0.05) is 18.0 Å². The second-order valence-corrected chi connectivity index (χ2v) is 5.45. The predicted octanol–water partition coefficient (Wildman–Crippen LogP) is 4.59. The lowest BCUT2D eigenvalue weighted by molar-refractivity contribution is -0.120. The van der Waals surface area contributed by atoms with Crippen molar-refractivity contribution in [3.05, 3.63) is 59.1 Å². The summed E-state index contributed by atoms with van der Waals surface area (Å²) in [6.07, 6.45) is 2.35. The summed E-state index contributed by atoms with van der Waals surface area (Å²) in [5.74, 6) is 1.66. The van der Waals surface area contributed by atoms with Gasteiger partial charge < -0.3 is 10.1 Å². The molecule has 0 aliphatic rings. The number of aryl methyl sites for hydroxylation is 1. The zero-order valence-corrected chi connectivity index (χ0v) is 13.4. The van der Waals surface area contributed by atoms with Crippen LogP contribution in [0.4, 0.5) is 0 Å². The van der Waals surface area contributed by atoms with Gasteiger partial charge in [0.15, 0.2) is 0 Å². The zero-order valence-electron chi connectivity index (χ0n) is 12.6. The third-order valence-corrected chi connectivity index (χ3v) is 3.49. The first kappa shape index (κ1) is 16.4. The summed E-state index contributed by atoms with van der Waals surface area (Å²) in [6.45, 7) is 2.56. The molecule has 0 saturated heterocycles. The Bertz CT molecular complexity index is 611. The average molecular weight is 318 g/mol. The molecule has 0 unspecified atom stereocenters. The highest BCUT2D eigenvalue weighted by Crippen LogP contribution is 2.24. The van der Waals surface area contributed by atoms with Crippen LogP contribution in [0.5, 0.6) is 11.5 Å². The summed E-state index contributed by atoms with van der Waals surface area (Å²) in [5.41, 5.74) is 1.19. The van der Waals surface area contributed by atoms with E-state index in [9.17, 15) is 4.79 Å². The maximum Gasteiger partial charge on any atom is 0.219 e. The fourth-order valence-corrected chi connectivity index (χ4v) is 2.17. The lowest BCUT2D eigenvalue weighted by Gasteiger charge is -2.08. The Morgan fingerprint density at radius 2 is 1.91 bits per heavy atom. The van der Waals surface area contributed by atoms with E-state index in [1.807, 2.05) is 37.3 Å². The van der Waals surface area contributed by atoms with Gasteiger partial charge in [-0.3, -0.25) is 4.79 Å². The fourth-order valence-electron chi connectivity index (χ4n) is 2.05. The molecular formula is C18H20ClNO2. The van der Waals surface area contributed by atoms with Gasteiger partial charge in [0.25, 0.3) is 0 Å². The SMILES string of the molecule is CCC(=O)NCCCc1cccc(Oc2ccc(Cl)cc2)c1. The topological polar surface area (TPSA) is 38.3 Å². The molecule has 0 aromatic heterocycles. The molecule has 2 rings (SSSR count). The van der Waals surface area contributed by atoms with Crippen LogP contribution in [0.25, 0.3) is 0 Å². The summed E-state index contributed by atoms with van der Waals surface area (Å²) in [7, 11) is 0. The van der Waals surface area contributed by atoms with Crippen molar-refractivity contribution >= 4 is 17.5 Å². The molecule has 0 aliphatic carbocycles. The van der Waals surface area contributed by atoms with Gasteiger partial charge >= 0.3 is 0 Å². The van der Waals surface area contributed by atoms with Crippen LogP contribution in [0.15, 0.2) is 48.5 Å². The first-order chi connectivity index (χ1) is 10.7. The molecule has 116 valence electrons. The summed E-state index contributed by atoms with van der Waals surface area (Å²) in [6, 6.07) is 15.3. The minimum absolute atomic E-state index is 0.0971. The summed E-state index contributed by atoms with van der Waals surface area (Å²) < 4.78 is 5.81. The molecule has 0 heterocycles. The Morgan fingerprint density at radius 3 is 2.64 bits per heavy atom. The smallest absolute Gasteiger partial charge is 0.219 e. The molecule has 0 spiro atoms. The molecule has 0 saturated carbocycles. The number of amides is 1. The van der Waals surface area contributed by atoms with Gasteiger partial charge in [0.05, 0.1) is 0 Å². The second-order valence-electron chi connectivity index (χ2n) is 5.01. The van der Waals surface area contributed by atoms with Crippen molar-refractivity contribution in [3.8, 4) is 11.5 Å². The maximum absolute atomic E-state index is 11.2. The van der Waals surface area contributed by atoms with Gasteiger partial charge in [0.2, 0.25) is 5.91 Å². The highest BCUT2D eigenvalue weighted by molar-refractivity contribution is 6.30. The largest absolute Gasteiger partial charge is 0.457 e. The van der Waals surface area contributed by atoms with E-state index in [1.54, 1.807) is 12.1 Å². The first-order valence-corrected chi connectivity index (χ1v) is 7.84. The fraction of sp³-hybridized carbons (Fsp3) is 0.278. The Kier molecular flexibility index (Phi) is 6.28. The Morgan fingerprint density at radius 1 is 1.14 bits per heavy atom. The van der Waals surface area contributed by atoms with Crippen LogP contribution in [0.2, 0.25) is 5.02 Å². The maximum atomic E-state index is 11.2. The molecule has 22 heavy (non-hydrogen) atoms. The van der Waals surface area contributed by atoms with E-state index in [2.05, 4.69) is 11.4 Å². The van der Waals surface area contributed by atoms with Crippen molar-refractivity contribution in [2.75, 3.05) is 6.54 Å². The standard InChI is InChI=1S/C18H20ClNO2/c1-2-18(21)20-12-4-6-14-5-3-7-17(13-14)22-16-10-8-15(19)9-11-16/h3,5,7-11,13H,2,4,6,12H2,1H3,(H,20,21). The Balaban J connectivity index is 1.87. The van der Waals surface area contributed by atoms with E-state index in [1.165, 1.54) is 5.56 Å². The van der Waals surface area contributed by atoms with E-state index in [0.717, 1.165) is 24.3 Å². The monoisotopic (exact) mass is 317 g/mol. The number of ether oxygens (including phenoxy) is 1. The normalized spacial score (nSPS) is 10.3. The van der Waals surface area contributed by atoms with E-state index in [-0.39, 0.29) is 5.91 Å². The van der Waals surface area contributed by atoms with Crippen molar-refractivity contribution in [2.24, 2.45) is 0 Å². The third-order valence-electron chi connectivity index (χ3n) is 3.23. The summed E-state index contributed by atoms with van der Waals surface area (Å²) in [4.78, 5) is 11.2. The van der Waals surface area contributed by atoms with Gasteiger partial charge in [-0.1, -0.05) is 30.7 Å². The van der Waals surface area contributed by atoms with Crippen LogP contribution in [-0.4, -0.2) is 12.5 Å². The summed E-state index contributed by atoms with van der Waals surface area (Å²) >= 11 is 5.86. The van der Waals surface area contributed by atoms with Gasteiger partial charge in [-0.2, -0.15) is 0 Å². The van der Waals surface area contributed by atoms with Crippen LogP contribution >= 0.6 is 11.6 Å². The van der Waals surface area contributed by atoms with Crippen molar-refractivity contribution < 1.29 is 9.53 Å². The molecule has 1 N–H and O–H groups in total. The van der Waals surface area contributed by atoms with Gasteiger partial charge in [-0.05, 0) is 54.8 Å². The molecule has 0 aliphatic heterocycles. The second kappa shape index (κ2) is 8.44. The van der Waals surface area contributed by atoms with Crippen LogP contribution in [-0.2, 0) is 11.2 Å². The highest BCUT2D eigenvalue weighted by Gasteiger charge is 2.01. The number of nitrogens with one attached hydrogen (secondary N) is 1. The van der Waals surface area contributed by atoms with E-state index < -0.39 is 0 Å². The molecule has 0 bridgehead atoms. The first-order valence-electron chi connectivity index (χ1n) is 7.46. The quantitative estimate of drug-likeness (QED) is 0.758. The number of hydrogen-bond donors (Lipinski definition) is 1. The summed E-state index contributed by atoms with van der Waals surface area (Å²) in [5, 5.41) is 3.57. The minimum Gasteiger partial charge on any atom is -0.457 e. The van der Waals surface area contributed by atoms with E-state index in [4.69, 9.17) is 16.3 Å². The van der Waals surface area contributed by atoms with Crippen LogP contribution in [0.1, 0.15) is 25.3 Å². The van der Waals surface area contributed by atoms with Crippen LogP contribution in [0, 0.1) is 0 Å². The van der Waals surface area contributed by atoms with Gasteiger partial charge in [-0.25, -0.2) is 0 Å². The Labute approximate surface area is 136 Å². The molecule has 0 radical (unpaired) electrons. The average Bonchev–Trinajstić information content (AvgIpc) is 2.54. The van der Waals surface area contributed by atoms with Gasteiger partial charge in [-0.15, -0.1) is 0 Å². The number of hydrogen-bond acceptors (Lipinski definition) is 2. The number of halogens is 1. The molecule has 2 aromatic rings. The minimum atomic E-state index is 0.0971. The molecule has 3 nitrogen and oxygen atoms in total. The third kappa shape index (κ3) is 5.41. The lowest BCUT2D eigenvalue weighted by Crippen LogP contribution is -2.23. The predicted molar refractivity (Wildman–Crippen MR) is 89.6 cm³/mol. The number of rotatable bonds is 7. The molecule has 2 aromatic carbocycles. The number of carbonyl (C=O) groups is 1. The van der Waals surface area contributed by atoms with Gasteiger partial charge in [0.1, 0.15) is 11.5 Å². The van der Waals surface area contributed by atoms with E-state index in [0.29, 0.717) is 18.0 Å².